The smallest absolute Gasteiger partial charge is 0.321 e. The molecule has 0 bridgehead atoms. The number of nitrogens with zero attached hydrogens (tertiary/aromatic N) is 3. The molecular formula is C21H32ClN5O2. The van der Waals surface area contributed by atoms with Crippen LogP contribution in [-0.4, -0.2) is 84.0 Å². The van der Waals surface area contributed by atoms with Crippen molar-refractivity contribution in [1.29, 1.82) is 0 Å². The highest BCUT2D eigenvalue weighted by Gasteiger charge is 2.34. The van der Waals surface area contributed by atoms with Gasteiger partial charge < -0.3 is 20.4 Å². The lowest BCUT2D eigenvalue weighted by molar-refractivity contribution is -0.136. The number of rotatable bonds is 2. The summed E-state index contributed by atoms with van der Waals surface area (Å²) in [7, 11) is 0. The van der Waals surface area contributed by atoms with Crippen LogP contribution in [0.5, 0.6) is 0 Å². The highest BCUT2D eigenvalue weighted by Crippen LogP contribution is 2.20. The van der Waals surface area contributed by atoms with Crippen LogP contribution in [0.15, 0.2) is 18.2 Å². The van der Waals surface area contributed by atoms with Gasteiger partial charge in [-0.15, -0.1) is 0 Å². The van der Waals surface area contributed by atoms with E-state index in [1.54, 1.807) is 17.0 Å². The Hall–Kier alpha value is -1.83. The zero-order valence-electron chi connectivity index (χ0n) is 17.8. The highest BCUT2D eigenvalue weighted by atomic mass is 35.5. The summed E-state index contributed by atoms with van der Waals surface area (Å²) in [6, 6.07) is 5.11. The molecular weight excluding hydrogens is 390 g/mol. The molecule has 2 fully saturated rings. The van der Waals surface area contributed by atoms with Crippen LogP contribution in [0.25, 0.3) is 0 Å². The number of halogens is 1. The molecule has 2 N–H and O–H groups in total. The SMILES string of the molecule is Cc1cc(NC(=O)N2CCN(C(=O)[C@H]3CN(C(C)(C)C)CCN3)CC2)ccc1Cl. The Morgan fingerprint density at radius 2 is 1.76 bits per heavy atom. The maximum absolute atomic E-state index is 13.0. The molecule has 3 amide bonds. The number of nitrogens with one attached hydrogen (secondary N) is 2. The number of hydrogen-bond donors (Lipinski definition) is 2. The van der Waals surface area contributed by atoms with E-state index in [0.717, 1.165) is 30.9 Å². The molecule has 2 heterocycles. The number of amides is 3. The van der Waals surface area contributed by atoms with Gasteiger partial charge in [0.1, 0.15) is 0 Å². The van der Waals surface area contributed by atoms with Crippen molar-refractivity contribution in [2.24, 2.45) is 0 Å². The van der Waals surface area contributed by atoms with E-state index >= 15 is 0 Å². The molecule has 0 aliphatic carbocycles. The average molecular weight is 422 g/mol. The first-order valence-electron chi connectivity index (χ1n) is 10.2. The minimum atomic E-state index is -0.180. The molecule has 2 saturated heterocycles. The number of hydrogen-bond acceptors (Lipinski definition) is 4. The van der Waals surface area contributed by atoms with Crippen LogP contribution < -0.4 is 10.6 Å². The summed E-state index contributed by atoms with van der Waals surface area (Å²) in [5, 5.41) is 6.95. The van der Waals surface area contributed by atoms with Crippen molar-refractivity contribution in [2.75, 3.05) is 51.1 Å². The summed E-state index contributed by atoms with van der Waals surface area (Å²) >= 11 is 6.04. The second-order valence-electron chi connectivity index (χ2n) is 8.83. The molecule has 2 aliphatic heterocycles. The lowest BCUT2D eigenvalue weighted by atomic mass is 10.0. The fourth-order valence-corrected chi connectivity index (χ4v) is 3.92. The predicted octanol–water partition coefficient (Wildman–Crippen LogP) is 2.40. The summed E-state index contributed by atoms with van der Waals surface area (Å²) in [4.78, 5) is 31.5. The minimum absolute atomic E-state index is 0.0530. The van der Waals surface area contributed by atoms with Crippen LogP contribution in [0.4, 0.5) is 10.5 Å². The fourth-order valence-electron chi connectivity index (χ4n) is 3.80. The molecule has 0 unspecified atom stereocenters. The Kier molecular flexibility index (Phi) is 6.71. The van der Waals surface area contributed by atoms with Gasteiger partial charge in [-0.3, -0.25) is 9.69 Å². The van der Waals surface area contributed by atoms with Crippen molar-refractivity contribution < 1.29 is 9.59 Å². The summed E-state index contributed by atoms with van der Waals surface area (Å²) in [5.41, 5.74) is 1.70. The second kappa shape index (κ2) is 8.90. The van der Waals surface area contributed by atoms with E-state index in [-0.39, 0.29) is 23.5 Å². The number of anilines is 1. The number of aryl methyl sites for hydroxylation is 1. The maximum atomic E-state index is 13.0. The molecule has 3 rings (SSSR count). The van der Waals surface area contributed by atoms with Gasteiger partial charge in [-0.1, -0.05) is 11.6 Å². The van der Waals surface area contributed by atoms with Gasteiger partial charge in [0.2, 0.25) is 5.91 Å². The molecule has 8 heteroatoms. The largest absolute Gasteiger partial charge is 0.338 e. The Bertz CT molecular complexity index is 756. The molecule has 29 heavy (non-hydrogen) atoms. The van der Waals surface area contributed by atoms with Crippen LogP contribution in [-0.2, 0) is 4.79 Å². The molecule has 160 valence electrons. The Labute approximate surface area is 178 Å². The van der Waals surface area contributed by atoms with Crippen molar-refractivity contribution in [3.8, 4) is 0 Å². The molecule has 1 atom stereocenters. The van der Waals surface area contributed by atoms with Crippen LogP contribution in [0.1, 0.15) is 26.3 Å². The minimum Gasteiger partial charge on any atom is -0.338 e. The number of benzene rings is 1. The molecule has 0 radical (unpaired) electrons. The molecule has 0 aromatic heterocycles. The van der Waals surface area contributed by atoms with E-state index in [9.17, 15) is 9.59 Å². The molecule has 1 aromatic carbocycles. The van der Waals surface area contributed by atoms with Gasteiger partial charge in [0.15, 0.2) is 0 Å². The summed E-state index contributed by atoms with van der Waals surface area (Å²) in [6.07, 6.45) is 0. The van der Waals surface area contributed by atoms with Crippen LogP contribution in [0.2, 0.25) is 5.02 Å². The Morgan fingerprint density at radius 1 is 1.10 bits per heavy atom. The van der Waals surface area contributed by atoms with Crippen LogP contribution in [0, 0.1) is 6.92 Å². The van der Waals surface area contributed by atoms with Crippen LogP contribution in [0.3, 0.4) is 0 Å². The van der Waals surface area contributed by atoms with Crippen molar-refractivity contribution >= 4 is 29.2 Å². The number of carbonyl (C=O) groups excluding carboxylic acids is 2. The first-order valence-corrected chi connectivity index (χ1v) is 10.6. The second-order valence-corrected chi connectivity index (χ2v) is 9.24. The highest BCUT2D eigenvalue weighted by molar-refractivity contribution is 6.31. The lowest BCUT2D eigenvalue weighted by Crippen LogP contribution is -2.63. The monoisotopic (exact) mass is 421 g/mol. The Morgan fingerprint density at radius 3 is 2.38 bits per heavy atom. The van der Waals surface area contributed by atoms with E-state index in [1.807, 2.05) is 17.9 Å². The Balaban J connectivity index is 1.51. The van der Waals surface area contributed by atoms with Crippen LogP contribution >= 0.6 is 11.6 Å². The van der Waals surface area contributed by atoms with Gasteiger partial charge in [0.05, 0.1) is 6.04 Å². The van der Waals surface area contributed by atoms with E-state index in [0.29, 0.717) is 31.2 Å². The third-order valence-corrected chi connectivity index (χ3v) is 6.13. The first-order chi connectivity index (χ1) is 13.6. The summed E-state index contributed by atoms with van der Waals surface area (Å²) < 4.78 is 0. The molecule has 0 spiro atoms. The normalized spacial score (nSPS) is 21.2. The van der Waals surface area contributed by atoms with E-state index in [4.69, 9.17) is 11.6 Å². The van der Waals surface area contributed by atoms with Gasteiger partial charge in [-0.25, -0.2) is 4.79 Å². The standard InChI is InChI=1S/C21H32ClN5O2/c1-15-13-16(5-6-17(15)22)24-20(29)26-11-9-25(10-12-26)19(28)18-14-27(8-7-23-18)21(2,3)4/h5-6,13,18,23H,7-12,14H2,1-4H3,(H,24,29)/t18-/m1/s1. The van der Waals surface area contributed by atoms with Crippen molar-refractivity contribution in [1.82, 2.24) is 20.0 Å². The third kappa shape index (κ3) is 5.41. The van der Waals surface area contributed by atoms with Crippen molar-refractivity contribution in [3.05, 3.63) is 28.8 Å². The lowest BCUT2D eigenvalue weighted by Gasteiger charge is -2.43. The van der Waals surface area contributed by atoms with E-state index in [1.165, 1.54) is 0 Å². The number of urea groups is 1. The average Bonchev–Trinajstić information content (AvgIpc) is 2.70. The summed E-state index contributed by atoms with van der Waals surface area (Å²) in [5.74, 6) is 0.132. The predicted molar refractivity (Wildman–Crippen MR) is 116 cm³/mol. The molecule has 7 nitrogen and oxygen atoms in total. The zero-order chi connectivity index (χ0) is 21.2. The van der Waals surface area contributed by atoms with Gasteiger partial charge in [-0.05, 0) is 51.5 Å². The number of piperazine rings is 2. The number of carbonyl (C=O) groups is 2. The molecule has 0 saturated carbocycles. The van der Waals surface area contributed by atoms with Gasteiger partial charge in [0.25, 0.3) is 0 Å². The van der Waals surface area contributed by atoms with Gasteiger partial charge in [-0.2, -0.15) is 0 Å². The zero-order valence-corrected chi connectivity index (χ0v) is 18.6. The molecule has 2 aliphatic rings. The van der Waals surface area contributed by atoms with E-state index < -0.39 is 0 Å². The first kappa shape index (κ1) is 21.9. The van der Waals surface area contributed by atoms with Crippen molar-refractivity contribution in [3.63, 3.8) is 0 Å². The van der Waals surface area contributed by atoms with Gasteiger partial charge in [0, 0.05) is 62.1 Å². The fraction of sp³-hybridized carbons (Fsp3) is 0.619. The molecule has 1 aromatic rings. The summed E-state index contributed by atoms with van der Waals surface area (Å²) in [6.45, 7) is 13.1. The topological polar surface area (TPSA) is 67.9 Å². The third-order valence-electron chi connectivity index (χ3n) is 5.71. The van der Waals surface area contributed by atoms with E-state index in [2.05, 4.69) is 36.3 Å². The quantitative estimate of drug-likeness (QED) is 0.769. The maximum Gasteiger partial charge on any atom is 0.321 e. The van der Waals surface area contributed by atoms with Crippen molar-refractivity contribution in [2.45, 2.75) is 39.3 Å². The van der Waals surface area contributed by atoms with Gasteiger partial charge >= 0.3 is 6.03 Å².